The number of aromatic nitrogens is 1. The highest BCUT2D eigenvalue weighted by Gasteiger charge is 2.13. The van der Waals surface area contributed by atoms with E-state index in [1.807, 2.05) is 13.8 Å². The van der Waals surface area contributed by atoms with E-state index in [1.54, 1.807) is 13.1 Å². The fraction of sp³-hybridized carbons (Fsp3) is 0.364. The second-order valence-electron chi connectivity index (χ2n) is 3.93. The Kier molecular flexibility index (Phi) is 2.14. The number of fused-ring (bicyclic) bond motifs is 1. The molecule has 0 aliphatic carbocycles. The van der Waals surface area contributed by atoms with E-state index in [0.29, 0.717) is 5.52 Å². The van der Waals surface area contributed by atoms with E-state index in [4.69, 9.17) is 4.42 Å². The summed E-state index contributed by atoms with van der Waals surface area (Å²) in [6.07, 6.45) is 0. The fourth-order valence-electron chi connectivity index (χ4n) is 1.54. The van der Waals surface area contributed by atoms with Gasteiger partial charge in [0.2, 0.25) is 0 Å². The Bertz CT molecular complexity index is 566. The molecule has 0 N–H and O–H groups in total. The second kappa shape index (κ2) is 3.22. The third kappa shape index (κ3) is 1.46. The molecule has 0 aliphatic rings. The molecule has 1 aromatic heterocycles. The molecule has 0 aliphatic heterocycles. The summed E-state index contributed by atoms with van der Waals surface area (Å²) in [6, 6.07) is 3.20. The smallest absolute Gasteiger partial charge is 0.405 e. The van der Waals surface area contributed by atoms with E-state index in [1.165, 1.54) is 10.6 Å². The minimum atomic E-state index is -0.537. The lowest BCUT2D eigenvalue weighted by atomic mass is 10.0. The summed E-state index contributed by atoms with van der Waals surface area (Å²) in [5.74, 6) is -0.799. The fourth-order valence-corrected chi connectivity index (χ4v) is 1.54. The largest absolute Gasteiger partial charge is 0.419 e. The van der Waals surface area contributed by atoms with Crippen molar-refractivity contribution in [3.05, 3.63) is 34.1 Å². The van der Waals surface area contributed by atoms with Gasteiger partial charge < -0.3 is 4.42 Å². The third-order valence-electron chi connectivity index (χ3n) is 2.54. The van der Waals surface area contributed by atoms with Crippen molar-refractivity contribution in [3.63, 3.8) is 0 Å². The van der Waals surface area contributed by atoms with E-state index < -0.39 is 11.6 Å². The van der Waals surface area contributed by atoms with Crippen LogP contribution in [0.2, 0.25) is 0 Å². The zero-order chi connectivity index (χ0) is 11.2. The van der Waals surface area contributed by atoms with E-state index in [2.05, 4.69) is 0 Å². The number of nitrogens with zero attached hydrogens (tertiary/aromatic N) is 1. The van der Waals surface area contributed by atoms with Gasteiger partial charge in [-0.3, -0.25) is 4.57 Å². The van der Waals surface area contributed by atoms with Crippen molar-refractivity contribution in [2.45, 2.75) is 19.8 Å². The molecule has 15 heavy (non-hydrogen) atoms. The van der Waals surface area contributed by atoms with Crippen LogP contribution in [0.4, 0.5) is 4.39 Å². The molecule has 0 saturated carbocycles. The lowest BCUT2D eigenvalue weighted by Crippen LogP contribution is -2.08. The van der Waals surface area contributed by atoms with Crippen LogP contribution in [0.3, 0.4) is 0 Å². The molecule has 0 bridgehead atoms. The van der Waals surface area contributed by atoms with E-state index in [-0.39, 0.29) is 11.5 Å². The minimum absolute atomic E-state index is 0.0342. The lowest BCUT2D eigenvalue weighted by molar-refractivity contribution is 0.505. The van der Waals surface area contributed by atoms with Gasteiger partial charge in [0.05, 0.1) is 5.52 Å². The summed E-state index contributed by atoms with van der Waals surface area (Å²) in [4.78, 5) is 11.2. The number of aryl methyl sites for hydroxylation is 1. The molecule has 0 spiro atoms. The Balaban J connectivity index is 2.85. The molecule has 0 radical (unpaired) electrons. The van der Waals surface area contributed by atoms with Crippen LogP contribution in [-0.2, 0) is 7.05 Å². The predicted octanol–water partition coefficient (Wildman–Crippen LogP) is 2.39. The summed E-state index contributed by atoms with van der Waals surface area (Å²) in [5, 5.41) is 0. The number of halogens is 1. The number of hydrogen-bond donors (Lipinski definition) is 0. The molecule has 0 amide bonds. The van der Waals surface area contributed by atoms with E-state index in [9.17, 15) is 9.18 Å². The number of hydrogen-bond acceptors (Lipinski definition) is 2. The maximum atomic E-state index is 13.6. The van der Waals surface area contributed by atoms with Gasteiger partial charge in [0.25, 0.3) is 0 Å². The highest BCUT2D eigenvalue weighted by Crippen LogP contribution is 2.23. The molecule has 0 atom stereocenters. The van der Waals surface area contributed by atoms with Crippen LogP contribution in [0.25, 0.3) is 11.1 Å². The van der Waals surface area contributed by atoms with E-state index >= 15 is 0 Å². The first-order chi connectivity index (χ1) is 7.00. The summed E-state index contributed by atoms with van der Waals surface area (Å²) in [7, 11) is 1.57. The molecule has 0 fully saturated rings. The van der Waals surface area contributed by atoms with Crippen molar-refractivity contribution in [2.24, 2.45) is 7.05 Å². The van der Waals surface area contributed by atoms with Crippen LogP contribution >= 0.6 is 0 Å². The molecule has 3 nitrogen and oxygen atoms in total. The maximum absolute atomic E-state index is 13.6. The number of benzene rings is 1. The Labute approximate surface area is 86.1 Å². The van der Waals surface area contributed by atoms with Crippen molar-refractivity contribution in [2.75, 3.05) is 0 Å². The Morgan fingerprint density at radius 1 is 1.40 bits per heavy atom. The molecule has 80 valence electrons. The monoisotopic (exact) mass is 209 g/mol. The van der Waals surface area contributed by atoms with Crippen LogP contribution < -0.4 is 5.76 Å². The van der Waals surface area contributed by atoms with Gasteiger partial charge in [-0.15, -0.1) is 0 Å². The number of oxazole rings is 1. The summed E-state index contributed by atoms with van der Waals surface area (Å²) in [6.45, 7) is 3.94. The SMILES string of the molecule is CC(C)c1cc(F)c2oc(=O)n(C)c2c1. The average molecular weight is 209 g/mol. The summed E-state index contributed by atoms with van der Waals surface area (Å²) >= 11 is 0. The standard InChI is InChI=1S/C11H12FNO2/c1-6(2)7-4-8(12)10-9(5-7)13(3)11(14)15-10/h4-6H,1-3H3. The highest BCUT2D eigenvalue weighted by molar-refractivity contribution is 5.74. The zero-order valence-electron chi connectivity index (χ0n) is 8.87. The molecular weight excluding hydrogens is 197 g/mol. The van der Waals surface area contributed by atoms with E-state index in [0.717, 1.165) is 5.56 Å². The van der Waals surface area contributed by atoms with Crippen molar-refractivity contribution in [3.8, 4) is 0 Å². The first-order valence-corrected chi connectivity index (χ1v) is 4.79. The third-order valence-corrected chi connectivity index (χ3v) is 2.54. The van der Waals surface area contributed by atoms with Gasteiger partial charge in [-0.25, -0.2) is 9.18 Å². The number of rotatable bonds is 1. The molecule has 1 aromatic carbocycles. The zero-order valence-corrected chi connectivity index (χ0v) is 8.87. The topological polar surface area (TPSA) is 35.1 Å². The van der Waals surface area contributed by atoms with Gasteiger partial charge in [-0.2, -0.15) is 0 Å². The van der Waals surface area contributed by atoms with Gasteiger partial charge in [-0.05, 0) is 23.6 Å². The van der Waals surface area contributed by atoms with Crippen molar-refractivity contribution >= 4 is 11.1 Å². The maximum Gasteiger partial charge on any atom is 0.419 e. The first-order valence-electron chi connectivity index (χ1n) is 4.79. The van der Waals surface area contributed by atoms with Crippen molar-refractivity contribution < 1.29 is 8.81 Å². The molecular formula is C11H12FNO2. The molecule has 2 rings (SSSR count). The molecule has 0 unspecified atom stereocenters. The van der Waals surface area contributed by atoms with Crippen LogP contribution in [0, 0.1) is 5.82 Å². The van der Waals surface area contributed by atoms with Crippen molar-refractivity contribution in [1.29, 1.82) is 0 Å². The van der Waals surface area contributed by atoms with Gasteiger partial charge >= 0.3 is 5.76 Å². The first kappa shape index (κ1) is 9.96. The normalized spacial score (nSPS) is 11.5. The molecule has 2 aromatic rings. The lowest BCUT2D eigenvalue weighted by Gasteiger charge is -2.05. The quantitative estimate of drug-likeness (QED) is 0.722. The van der Waals surface area contributed by atoms with Crippen LogP contribution in [0.1, 0.15) is 25.3 Å². The van der Waals surface area contributed by atoms with Crippen LogP contribution in [0.5, 0.6) is 0 Å². The Morgan fingerprint density at radius 2 is 2.07 bits per heavy atom. The Morgan fingerprint density at radius 3 is 2.67 bits per heavy atom. The molecule has 4 heteroatoms. The van der Waals surface area contributed by atoms with Gasteiger partial charge in [-0.1, -0.05) is 13.8 Å². The minimum Gasteiger partial charge on any atom is -0.405 e. The van der Waals surface area contributed by atoms with Crippen LogP contribution in [-0.4, -0.2) is 4.57 Å². The van der Waals surface area contributed by atoms with Crippen molar-refractivity contribution in [1.82, 2.24) is 4.57 Å². The average Bonchev–Trinajstić information content (AvgIpc) is 2.45. The predicted molar refractivity (Wildman–Crippen MR) is 55.5 cm³/mol. The Hall–Kier alpha value is -1.58. The summed E-state index contributed by atoms with van der Waals surface area (Å²) in [5.41, 5.74) is 1.40. The van der Waals surface area contributed by atoms with Gasteiger partial charge in [0, 0.05) is 7.05 Å². The molecule has 1 heterocycles. The van der Waals surface area contributed by atoms with Crippen LogP contribution in [0.15, 0.2) is 21.3 Å². The van der Waals surface area contributed by atoms with Gasteiger partial charge in [0.15, 0.2) is 11.4 Å². The van der Waals surface area contributed by atoms with Gasteiger partial charge in [0.1, 0.15) is 0 Å². The second-order valence-corrected chi connectivity index (χ2v) is 3.93. The summed E-state index contributed by atoms with van der Waals surface area (Å²) < 4.78 is 19.7. The molecule has 0 saturated heterocycles. The highest BCUT2D eigenvalue weighted by atomic mass is 19.1.